The molecule has 0 radical (unpaired) electrons. The summed E-state index contributed by atoms with van der Waals surface area (Å²) in [5.74, 6) is -4.66. The van der Waals surface area contributed by atoms with Gasteiger partial charge in [0.2, 0.25) is 0 Å². The minimum atomic E-state index is -1.45. The number of nitrogens with one attached hydrogen (secondary N) is 1. The van der Waals surface area contributed by atoms with E-state index in [0.29, 0.717) is 0 Å². The minimum absolute atomic E-state index is 0.141. The molecule has 112 valence electrons. The Kier molecular flexibility index (Phi) is 4.86. The fourth-order valence-corrected chi connectivity index (χ4v) is 1.74. The summed E-state index contributed by atoms with van der Waals surface area (Å²) >= 11 is 0. The van der Waals surface area contributed by atoms with E-state index in [9.17, 15) is 18.0 Å². The molecule has 0 heterocycles. The number of hydrogen-bond donors (Lipinski definition) is 1. The molecular formula is C14H19F3NOP. The van der Waals surface area contributed by atoms with Gasteiger partial charge >= 0.3 is 0 Å². The lowest BCUT2D eigenvalue weighted by molar-refractivity contribution is 0.0900. The summed E-state index contributed by atoms with van der Waals surface area (Å²) in [5.41, 5.74) is -1.32. The van der Waals surface area contributed by atoms with Crippen LogP contribution in [0.15, 0.2) is 0 Å². The number of carbonyl (C=O) groups is 1. The third kappa shape index (κ3) is 3.14. The number of amides is 1. The molecule has 6 heteroatoms. The average Bonchev–Trinajstić information content (AvgIpc) is 2.33. The first-order chi connectivity index (χ1) is 8.98. The second kappa shape index (κ2) is 5.72. The summed E-state index contributed by atoms with van der Waals surface area (Å²) in [6.07, 6.45) is 0. The van der Waals surface area contributed by atoms with Gasteiger partial charge in [-0.05, 0) is 24.8 Å². The molecule has 0 spiro atoms. The van der Waals surface area contributed by atoms with Crippen LogP contribution in [-0.2, 0) is 0 Å². The van der Waals surface area contributed by atoms with Crippen LogP contribution in [-0.4, -0.2) is 11.9 Å². The first-order valence-corrected chi connectivity index (χ1v) is 6.79. The van der Waals surface area contributed by atoms with Gasteiger partial charge in [-0.3, -0.25) is 4.79 Å². The maximum absolute atomic E-state index is 14.0. The molecule has 0 fully saturated rings. The normalized spacial score (nSPS) is 13.2. The monoisotopic (exact) mass is 305 g/mol. The van der Waals surface area contributed by atoms with Crippen LogP contribution in [0.4, 0.5) is 13.2 Å². The molecule has 1 aromatic rings. The topological polar surface area (TPSA) is 29.1 Å². The first kappa shape index (κ1) is 17.0. The van der Waals surface area contributed by atoms with E-state index < -0.39 is 28.9 Å². The molecule has 0 aliphatic rings. The molecule has 0 aliphatic heterocycles. The fraction of sp³-hybridized carbons (Fsp3) is 0.500. The summed E-state index contributed by atoms with van der Waals surface area (Å²) in [4.78, 5) is 12.0. The van der Waals surface area contributed by atoms with Crippen LogP contribution < -0.4 is 10.6 Å². The third-order valence-electron chi connectivity index (χ3n) is 3.48. The van der Waals surface area contributed by atoms with Gasteiger partial charge in [0.15, 0.2) is 11.6 Å². The van der Waals surface area contributed by atoms with E-state index in [1.54, 1.807) is 6.92 Å². The van der Waals surface area contributed by atoms with Crippen molar-refractivity contribution in [3.63, 3.8) is 0 Å². The first-order valence-electron chi connectivity index (χ1n) is 6.21. The Morgan fingerprint density at radius 2 is 1.65 bits per heavy atom. The van der Waals surface area contributed by atoms with E-state index in [-0.39, 0.29) is 22.3 Å². The predicted octanol–water partition coefficient (Wildman–Crippen LogP) is 3.08. The molecule has 1 unspecified atom stereocenters. The molecular weight excluding hydrogens is 286 g/mol. The zero-order valence-corrected chi connectivity index (χ0v) is 13.4. The molecule has 2 atom stereocenters. The van der Waals surface area contributed by atoms with E-state index >= 15 is 0 Å². The van der Waals surface area contributed by atoms with Crippen molar-refractivity contribution in [1.29, 1.82) is 0 Å². The molecule has 0 bridgehead atoms. The highest BCUT2D eigenvalue weighted by molar-refractivity contribution is 7.27. The van der Waals surface area contributed by atoms with Crippen molar-refractivity contribution in [1.82, 2.24) is 5.32 Å². The van der Waals surface area contributed by atoms with Crippen molar-refractivity contribution >= 4 is 20.5 Å². The largest absolute Gasteiger partial charge is 0.349 e. The molecule has 20 heavy (non-hydrogen) atoms. The number of hydrogen-bond acceptors (Lipinski definition) is 1. The second-order valence-electron chi connectivity index (χ2n) is 5.92. The number of benzene rings is 1. The Balaban J connectivity index is 3.25. The van der Waals surface area contributed by atoms with Crippen molar-refractivity contribution in [2.75, 3.05) is 0 Å². The highest BCUT2D eigenvalue weighted by Gasteiger charge is 2.29. The van der Waals surface area contributed by atoms with Crippen LogP contribution in [0.3, 0.4) is 0 Å². The SMILES string of the molecule is Cc1c(F)c(F)c(C(=O)N[C@H](C)C(C)(C)C)c(F)c1P. The zero-order chi connectivity index (χ0) is 15.8. The molecule has 0 saturated carbocycles. The molecule has 1 aromatic carbocycles. The van der Waals surface area contributed by atoms with Gasteiger partial charge in [0.25, 0.3) is 5.91 Å². The van der Waals surface area contributed by atoms with Gasteiger partial charge < -0.3 is 5.32 Å². The maximum atomic E-state index is 14.0. The van der Waals surface area contributed by atoms with E-state index in [1.807, 2.05) is 30.0 Å². The zero-order valence-electron chi connectivity index (χ0n) is 12.2. The molecule has 0 aromatic heterocycles. The third-order valence-corrected chi connectivity index (χ3v) is 4.16. The van der Waals surface area contributed by atoms with Gasteiger partial charge in [0.1, 0.15) is 11.4 Å². The lowest BCUT2D eigenvalue weighted by Crippen LogP contribution is -2.42. The second-order valence-corrected chi connectivity index (χ2v) is 6.49. The van der Waals surface area contributed by atoms with Gasteiger partial charge in [-0.1, -0.05) is 20.8 Å². The van der Waals surface area contributed by atoms with Gasteiger partial charge in [0.05, 0.1) is 0 Å². The summed E-state index contributed by atoms with van der Waals surface area (Å²) < 4.78 is 41.5. The van der Waals surface area contributed by atoms with Crippen molar-refractivity contribution in [3.8, 4) is 0 Å². The lowest BCUT2D eigenvalue weighted by atomic mass is 9.88. The maximum Gasteiger partial charge on any atom is 0.257 e. The fourth-order valence-electron chi connectivity index (χ4n) is 1.47. The Morgan fingerprint density at radius 1 is 1.15 bits per heavy atom. The Morgan fingerprint density at radius 3 is 2.10 bits per heavy atom. The van der Waals surface area contributed by atoms with Gasteiger partial charge in [-0.15, -0.1) is 9.24 Å². The van der Waals surface area contributed by atoms with Gasteiger partial charge in [-0.25, -0.2) is 13.2 Å². The highest BCUT2D eigenvalue weighted by atomic mass is 31.0. The Hall–Kier alpha value is -1.09. The standard InChI is InChI=1S/C14H19F3NOP/c1-6-9(15)10(16)8(11(17)12(6)20)13(19)18-7(2)14(3,4)5/h7H,20H2,1-5H3,(H,18,19)/t7-/m1/s1. The van der Waals surface area contributed by atoms with Crippen LogP contribution in [0.25, 0.3) is 0 Å². The van der Waals surface area contributed by atoms with E-state index in [1.165, 1.54) is 6.92 Å². The summed E-state index contributed by atoms with van der Waals surface area (Å²) in [7, 11) is 1.99. The minimum Gasteiger partial charge on any atom is -0.349 e. The molecule has 1 rings (SSSR count). The Labute approximate surface area is 119 Å². The number of halogens is 3. The van der Waals surface area contributed by atoms with Crippen molar-refractivity contribution < 1.29 is 18.0 Å². The predicted molar refractivity (Wildman–Crippen MR) is 76.8 cm³/mol. The summed E-state index contributed by atoms with van der Waals surface area (Å²) in [6, 6.07) is -0.328. The van der Waals surface area contributed by atoms with Crippen LogP contribution in [0.1, 0.15) is 43.6 Å². The quantitative estimate of drug-likeness (QED) is 0.660. The van der Waals surface area contributed by atoms with E-state index in [0.717, 1.165) is 0 Å². The van der Waals surface area contributed by atoms with Crippen molar-refractivity contribution in [2.45, 2.75) is 40.7 Å². The van der Waals surface area contributed by atoms with Gasteiger partial charge in [-0.2, -0.15) is 0 Å². The van der Waals surface area contributed by atoms with Crippen molar-refractivity contribution in [3.05, 3.63) is 28.6 Å². The molecule has 2 nitrogen and oxygen atoms in total. The van der Waals surface area contributed by atoms with Crippen LogP contribution in [0.5, 0.6) is 0 Å². The number of carbonyl (C=O) groups excluding carboxylic acids is 1. The Bertz CT molecular complexity index is 523. The molecule has 0 saturated heterocycles. The summed E-state index contributed by atoms with van der Waals surface area (Å²) in [5, 5.41) is 2.36. The highest BCUT2D eigenvalue weighted by Crippen LogP contribution is 2.22. The molecule has 0 aliphatic carbocycles. The van der Waals surface area contributed by atoms with E-state index in [2.05, 4.69) is 5.32 Å². The van der Waals surface area contributed by atoms with Crippen LogP contribution >= 0.6 is 9.24 Å². The lowest BCUT2D eigenvalue weighted by Gasteiger charge is -2.28. The van der Waals surface area contributed by atoms with Crippen LogP contribution in [0, 0.1) is 29.8 Å². The molecule has 1 amide bonds. The van der Waals surface area contributed by atoms with E-state index in [4.69, 9.17) is 0 Å². The summed E-state index contributed by atoms with van der Waals surface area (Å²) in [6.45, 7) is 8.60. The van der Waals surface area contributed by atoms with Crippen LogP contribution in [0.2, 0.25) is 0 Å². The van der Waals surface area contributed by atoms with Crippen molar-refractivity contribution in [2.24, 2.45) is 5.41 Å². The van der Waals surface area contributed by atoms with Gasteiger partial charge in [0, 0.05) is 11.3 Å². The smallest absolute Gasteiger partial charge is 0.257 e. The molecule has 1 N–H and O–H groups in total. The number of rotatable bonds is 2. The average molecular weight is 305 g/mol.